The molecule has 22 heavy (non-hydrogen) atoms. The second kappa shape index (κ2) is 6.55. The minimum atomic E-state index is -1.06. The van der Waals surface area contributed by atoms with Crippen LogP contribution >= 0.6 is 0 Å². The van der Waals surface area contributed by atoms with Crippen LogP contribution in [0.2, 0.25) is 0 Å². The maximum Gasteiger partial charge on any atom is 0.335 e. The van der Waals surface area contributed by atoms with Gasteiger partial charge in [0.15, 0.2) is 0 Å². The molecule has 0 aromatic heterocycles. The quantitative estimate of drug-likeness (QED) is 0.883. The lowest BCUT2D eigenvalue weighted by Crippen LogP contribution is -2.14. The molecule has 0 aliphatic carbocycles. The van der Waals surface area contributed by atoms with Crippen molar-refractivity contribution in [2.45, 2.75) is 12.3 Å². The lowest BCUT2D eigenvalue weighted by Gasteiger charge is -2.13. The summed E-state index contributed by atoms with van der Waals surface area (Å²) in [6.45, 7) is 0. The van der Waals surface area contributed by atoms with E-state index in [9.17, 15) is 14.7 Å². The second-order valence-electron chi connectivity index (χ2n) is 4.83. The number of carboxylic acids is 2. The van der Waals surface area contributed by atoms with Gasteiger partial charge in [-0.3, -0.25) is 4.79 Å². The summed E-state index contributed by atoms with van der Waals surface area (Å²) < 4.78 is 0. The molecule has 5 nitrogen and oxygen atoms in total. The fourth-order valence-corrected chi connectivity index (χ4v) is 2.21. The number of hydrogen-bond donors (Lipinski definition) is 2. The highest BCUT2D eigenvalue weighted by Gasteiger charge is 2.20. The minimum Gasteiger partial charge on any atom is -0.481 e. The van der Waals surface area contributed by atoms with Crippen molar-refractivity contribution in [3.63, 3.8) is 0 Å². The second-order valence-corrected chi connectivity index (χ2v) is 4.83. The van der Waals surface area contributed by atoms with Gasteiger partial charge >= 0.3 is 11.9 Å². The van der Waals surface area contributed by atoms with Crippen molar-refractivity contribution in [3.8, 4) is 6.07 Å². The number of aliphatic carboxylic acids is 1. The first-order valence-electron chi connectivity index (χ1n) is 6.56. The molecule has 2 rings (SSSR count). The van der Waals surface area contributed by atoms with Crippen LogP contribution in [0, 0.1) is 11.3 Å². The highest BCUT2D eigenvalue weighted by atomic mass is 16.4. The van der Waals surface area contributed by atoms with Crippen molar-refractivity contribution < 1.29 is 19.8 Å². The Kier molecular flexibility index (Phi) is 4.54. The minimum absolute atomic E-state index is 0.111. The van der Waals surface area contributed by atoms with Gasteiger partial charge in [0.25, 0.3) is 0 Å². The Morgan fingerprint density at radius 3 is 2.32 bits per heavy atom. The number of benzene rings is 2. The van der Waals surface area contributed by atoms with Crippen LogP contribution in [-0.2, 0) is 11.2 Å². The summed E-state index contributed by atoms with van der Waals surface area (Å²) in [5.41, 5.74) is 1.86. The Hall–Kier alpha value is -3.13. The molecular formula is C17H13NO4. The third-order valence-corrected chi connectivity index (χ3v) is 3.35. The van der Waals surface area contributed by atoms with Gasteiger partial charge in [-0.15, -0.1) is 0 Å². The predicted octanol–water partition coefficient (Wildman–Crippen LogP) is 2.67. The molecule has 2 aromatic carbocycles. The third-order valence-electron chi connectivity index (χ3n) is 3.35. The van der Waals surface area contributed by atoms with Crippen molar-refractivity contribution in [1.29, 1.82) is 5.26 Å². The zero-order valence-corrected chi connectivity index (χ0v) is 11.6. The lowest BCUT2D eigenvalue weighted by molar-refractivity contribution is -0.138. The van der Waals surface area contributed by atoms with Crippen LogP contribution < -0.4 is 0 Å². The standard InChI is InChI=1S/C17H13NO4/c18-10-12-3-1-2-11(8-12)9-15(17(21)22)13-4-6-14(7-5-13)16(19)20/h1-8,15H,9H2,(H,19,20)(H,21,22). The van der Waals surface area contributed by atoms with Gasteiger partial charge in [-0.05, 0) is 41.8 Å². The van der Waals surface area contributed by atoms with E-state index in [2.05, 4.69) is 0 Å². The molecular weight excluding hydrogens is 282 g/mol. The summed E-state index contributed by atoms with van der Waals surface area (Å²) in [5.74, 6) is -2.85. The molecule has 0 radical (unpaired) electrons. The van der Waals surface area contributed by atoms with Crippen LogP contribution in [0.25, 0.3) is 0 Å². The summed E-state index contributed by atoms with van der Waals surface area (Å²) in [5, 5.41) is 27.2. The molecule has 0 aliphatic heterocycles. The Morgan fingerprint density at radius 1 is 1.09 bits per heavy atom. The molecule has 0 saturated heterocycles. The van der Waals surface area contributed by atoms with Crippen LogP contribution in [-0.4, -0.2) is 22.2 Å². The molecule has 0 heterocycles. The van der Waals surface area contributed by atoms with Crippen molar-refractivity contribution >= 4 is 11.9 Å². The molecule has 0 bridgehead atoms. The van der Waals surface area contributed by atoms with Crippen LogP contribution in [0.4, 0.5) is 0 Å². The molecule has 0 spiro atoms. The Labute approximate surface area is 127 Å². The summed E-state index contributed by atoms with van der Waals surface area (Å²) in [6, 6.07) is 14.6. The van der Waals surface area contributed by atoms with Gasteiger partial charge in [0.1, 0.15) is 0 Å². The van der Waals surface area contributed by atoms with Gasteiger partial charge in [-0.2, -0.15) is 5.26 Å². The molecule has 2 aromatic rings. The smallest absolute Gasteiger partial charge is 0.335 e. The zero-order valence-electron chi connectivity index (χ0n) is 11.6. The van der Waals surface area contributed by atoms with Gasteiger partial charge in [0.05, 0.1) is 23.1 Å². The zero-order chi connectivity index (χ0) is 16.1. The normalized spacial score (nSPS) is 11.4. The highest BCUT2D eigenvalue weighted by molar-refractivity contribution is 5.87. The average Bonchev–Trinajstić information content (AvgIpc) is 2.52. The van der Waals surface area contributed by atoms with E-state index in [0.717, 1.165) is 5.56 Å². The molecule has 1 atom stereocenters. The van der Waals surface area contributed by atoms with Gasteiger partial charge in [0, 0.05) is 0 Å². The maximum atomic E-state index is 11.5. The third kappa shape index (κ3) is 3.49. The Bertz CT molecular complexity index is 744. The van der Waals surface area contributed by atoms with Gasteiger partial charge in [0.2, 0.25) is 0 Å². The molecule has 0 saturated carbocycles. The fourth-order valence-electron chi connectivity index (χ4n) is 2.21. The van der Waals surface area contributed by atoms with E-state index in [1.54, 1.807) is 24.3 Å². The number of carboxylic acid groups (broad SMARTS) is 2. The van der Waals surface area contributed by atoms with Crippen molar-refractivity contribution in [2.75, 3.05) is 0 Å². The predicted molar refractivity (Wildman–Crippen MR) is 78.6 cm³/mol. The summed E-state index contributed by atoms with van der Waals surface area (Å²) in [7, 11) is 0. The largest absolute Gasteiger partial charge is 0.481 e. The van der Waals surface area contributed by atoms with Crippen molar-refractivity contribution in [1.82, 2.24) is 0 Å². The lowest BCUT2D eigenvalue weighted by atomic mass is 9.91. The van der Waals surface area contributed by atoms with E-state index in [-0.39, 0.29) is 12.0 Å². The SMILES string of the molecule is N#Cc1cccc(CC(C(=O)O)c2ccc(C(=O)O)cc2)c1. The van der Waals surface area contributed by atoms with Gasteiger partial charge in [-0.1, -0.05) is 24.3 Å². The first-order chi connectivity index (χ1) is 10.5. The fraction of sp³-hybridized carbons (Fsp3) is 0.118. The van der Waals surface area contributed by atoms with Gasteiger partial charge in [-0.25, -0.2) is 4.79 Å². The molecule has 2 N–H and O–H groups in total. The number of nitriles is 1. The van der Waals surface area contributed by atoms with E-state index in [0.29, 0.717) is 11.1 Å². The average molecular weight is 295 g/mol. The molecule has 5 heteroatoms. The topological polar surface area (TPSA) is 98.4 Å². The first-order valence-corrected chi connectivity index (χ1v) is 6.56. The van der Waals surface area contributed by atoms with E-state index >= 15 is 0 Å². The van der Waals surface area contributed by atoms with Crippen LogP contribution in [0.3, 0.4) is 0 Å². The highest BCUT2D eigenvalue weighted by Crippen LogP contribution is 2.22. The molecule has 0 amide bonds. The molecule has 0 fully saturated rings. The van der Waals surface area contributed by atoms with E-state index in [4.69, 9.17) is 10.4 Å². The molecule has 110 valence electrons. The summed E-state index contributed by atoms with van der Waals surface area (Å²) in [6.07, 6.45) is 0.233. The number of hydrogen-bond acceptors (Lipinski definition) is 3. The molecule has 1 unspecified atom stereocenters. The number of carbonyl (C=O) groups is 2. The van der Waals surface area contributed by atoms with Crippen molar-refractivity contribution in [2.24, 2.45) is 0 Å². The Morgan fingerprint density at radius 2 is 1.77 bits per heavy atom. The van der Waals surface area contributed by atoms with E-state index < -0.39 is 17.9 Å². The monoisotopic (exact) mass is 295 g/mol. The summed E-state index contributed by atoms with van der Waals surface area (Å²) >= 11 is 0. The maximum absolute atomic E-state index is 11.5. The number of aromatic carboxylic acids is 1. The number of rotatable bonds is 5. The van der Waals surface area contributed by atoms with Crippen LogP contribution in [0.1, 0.15) is 33.0 Å². The van der Waals surface area contributed by atoms with Crippen LogP contribution in [0.15, 0.2) is 48.5 Å². The van der Waals surface area contributed by atoms with E-state index in [1.807, 2.05) is 6.07 Å². The van der Waals surface area contributed by atoms with Crippen molar-refractivity contribution in [3.05, 3.63) is 70.8 Å². The first kappa shape index (κ1) is 15.3. The Balaban J connectivity index is 2.28. The molecule has 0 aliphatic rings. The summed E-state index contributed by atoms with van der Waals surface area (Å²) in [4.78, 5) is 22.3. The van der Waals surface area contributed by atoms with Gasteiger partial charge < -0.3 is 10.2 Å². The van der Waals surface area contributed by atoms with E-state index in [1.165, 1.54) is 24.3 Å². The van der Waals surface area contributed by atoms with Crippen LogP contribution in [0.5, 0.6) is 0 Å². The number of nitrogens with zero attached hydrogens (tertiary/aromatic N) is 1.